The predicted octanol–water partition coefficient (Wildman–Crippen LogP) is 4.50. The van der Waals surface area contributed by atoms with Crippen molar-refractivity contribution in [2.75, 3.05) is 5.32 Å². The van der Waals surface area contributed by atoms with Crippen LogP contribution in [0.15, 0.2) is 42.5 Å². The maximum atomic E-state index is 5.80. The highest BCUT2D eigenvalue weighted by Gasteiger charge is 2.11. The maximum Gasteiger partial charge on any atom is 0.106 e. The van der Waals surface area contributed by atoms with Crippen LogP contribution in [0.4, 0.5) is 11.4 Å². The molecule has 2 aromatic carbocycles. The number of nitrogens with one attached hydrogen (secondary N) is 1. The van der Waals surface area contributed by atoms with Crippen molar-refractivity contribution in [1.82, 2.24) is 0 Å². The molecule has 0 radical (unpaired) electrons. The van der Waals surface area contributed by atoms with Crippen molar-refractivity contribution in [3.8, 4) is 0 Å². The summed E-state index contributed by atoms with van der Waals surface area (Å²) in [7, 11) is 0. The molecule has 104 valence electrons. The summed E-state index contributed by atoms with van der Waals surface area (Å²) in [4.78, 5) is 0.410. The van der Waals surface area contributed by atoms with Gasteiger partial charge in [-0.05, 0) is 36.1 Å². The molecule has 0 aromatic heterocycles. The van der Waals surface area contributed by atoms with Crippen LogP contribution in [0.1, 0.15) is 36.5 Å². The molecule has 0 saturated heterocycles. The molecular weight excluding hydrogens is 264 g/mol. The maximum absolute atomic E-state index is 5.80. The predicted molar refractivity (Wildman–Crippen MR) is 90.9 cm³/mol. The summed E-state index contributed by atoms with van der Waals surface area (Å²) in [6.45, 7) is 6.50. The number of hydrogen-bond acceptors (Lipinski definition) is 2. The van der Waals surface area contributed by atoms with Crippen molar-refractivity contribution < 1.29 is 0 Å². The lowest BCUT2D eigenvalue weighted by Crippen LogP contribution is -2.12. The first-order valence-corrected chi connectivity index (χ1v) is 7.17. The second-order valence-corrected chi connectivity index (χ2v) is 5.67. The van der Waals surface area contributed by atoms with Gasteiger partial charge in [-0.3, -0.25) is 0 Å². The molecular formula is C17H20N2S. The number of benzene rings is 2. The molecule has 3 N–H and O–H groups in total. The molecule has 0 aliphatic carbocycles. The van der Waals surface area contributed by atoms with E-state index >= 15 is 0 Å². The van der Waals surface area contributed by atoms with E-state index in [-0.39, 0.29) is 0 Å². The largest absolute Gasteiger partial charge is 0.389 e. The number of anilines is 2. The van der Waals surface area contributed by atoms with Crippen LogP contribution in [0.2, 0.25) is 0 Å². The molecule has 0 amide bonds. The number of thiocarbonyl (C=S) groups is 1. The van der Waals surface area contributed by atoms with Gasteiger partial charge in [0.2, 0.25) is 0 Å². The van der Waals surface area contributed by atoms with Crippen molar-refractivity contribution in [3.05, 3.63) is 59.2 Å². The fraction of sp³-hybridized carbons (Fsp3) is 0.235. The quantitative estimate of drug-likeness (QED) is 0.812. The molecule has 0 atom stereocenters. The molecule has 0 fully saturated rings. The van der Waals surface area contributed by atoms with E-state index in [1.165, 1.54) is 11.1 Å². The molecule has 20 heavy (non-hydrogen) atoms. The van der Waals surface area contributed by atoms with Gasteiger partial charge in [0.05, 0.1) is 0 Å². The van der Waals surface area contributed by atoms with E-state index in [1.807, 2.05) is 24.3 Å². The molecule has 0 bridgehead atoms. The minimum atomic E-state index is 0.410. The summed E-state index contributed by atoms with van der Waals surface area (Å²) < 4.78 is 0. The van der Waals surface area contributed by atoms with Gasteiger partial charge in [0, 0.05) is 16.9 Å². The van der Waals surface area contributed by atoms with E-state index in [0.29, 0.717) is 10.9 Å². The van der Waals surface area contributed by atoms with E-state index in [9.17, 15) is 0 Å². The first-order chi connectivity index (χ1) is 9.50. The molecule has 3 heteroatoms. The Morgan fingerprint density at radius 2 is 1.80 bits per heavy atom. The average molecular weight is 284 g/mol. The van der Waals surface area contributed by atoms with Crippen LogP contribution in [-0.2, 0) is 0 Å². The van der Waals surface area contributed by atoms with Gasteiger partial charge in [-0.2, -0.15) is 0 Å². The van der Waals surface area contributed by atoms with E-state index in [2.05, 4.69) is 44.3 Å². The van der Waals surface area contributed by atoms with Crippen LogP contribution in [0.25, 0.3) is 0 Å². The summed E-state index contributed by atoms with van der Waals surface area (Å²) >= 11 is 5.12. The summed E-state index contributed by atoms with van der Waals surface area (Å²) in [5.74, 6) is 0.453. The highest BCUT2D eigenvalue weighted by Crippen LogP contribution is 2.31. The number of rotatable bonds is 4. The SMILES string of the molecule is Cc1cccc(C(C)C)c1Nc1ccccc1C(N)=S. The summed E-state index contributed by atoms with van der Waals surface area (Å²) in [6, 6.07) is 14.2. The van der Waals surface area contributed by atoms with Gasteiger partial charge >= 0.3 is 0 Å². The Bertz CT molecular complexity index is 633. The monoisotopic (exact) mass is 284 g/mol. The van der Waals surface area contributed by atoms with Crippen molar-refractivity contribution in [2.45, 2.75) is 26.7 Å². The van der Waals surface area contributed by atoms with Gasteiger partial charge in [-0.1, -0.05) is 56.4 Å². The van der Waals surface area contributed by atoms with Crippen molar-refractivity contribution >= 4 is 28.6 Å². The molecule has 2 nitrogen and oxygen atoms in total. The van der Waals surface area contributed by atoms with Crippen molar-refractivity contribution in [2.24, 2.45) is 5.73 Å². The third kappa shape index (κ3) is 2.99. The van der Waals surface area contributed by atoms with Crippen molar-refractivity contribution in [1.29, 1.82) is 0 Å². The Kier molecular flexibility index (Phi) is 4.40. The lowest BCUT2D eigenvalue weighted by Gasteiger charge is -2.19. The zero-order valence-corrected chi connectivity index (χ0v) is 12.9. The third-order valence-electron chi connectivity index (χ3n) is 3.38. The Balaban J connectivity index is 2.48. The molecule has 0 saturated carbocycles. The minimum absolute atomic E-state index is 0.410. The molecule has 0 heterocycles. The third-order valence-corrected chi connectivity index (χ3v) is 3.60. The summed E-state index contributed by atoms with van der Waals surface area (Å²) in [5.41, 5.74) is 11.3. The smallest absolute Gasteiger partial charge is 0.106 e. The van der Waals surface area contributed by atoms with Gasteiger partial charge in [-0.15, -0.1) is 0 Å². The zero-order chi connectivity index (χ0) is 14.7. The molecule has 0 aliphatic rings. The topological polar surface area (TPSA) is 38.0 Å². The Morgan fingerprint density at radius 1 is 1.10 bits per heavy atom. The molecule has 0 spiro atoms. The van der Waals surface area contributed by atoms with Crippen LogP contribution in [-0.4, -0.2) is 4.99 Å². The Labute approximate surface area is 126 Å². The number of aryl methyl sites for hydroxylation is 1. The van der Waals surface area contributed by atoms with Gasteiger partial charge in [0.1, 0.15) is 4.99 Å². The van der Waals surface area contributed by atoms with Gasteiger partial charge in [0.15, 0.2) is 0 Å². The molecule has 2 rings (SSSR count). The highest BCUT2D eigenvalue weighted by molar-refractivity contribution is 7.80. The summed E-state index contributed by atoms with van der Waals surface area (Å²) in [6.07, 6.45) is 0. The highest BCUT2D eigenvalue weighted by atomic mass is 32.1. The molecule has 0 unspecified atom stereocenters. The van der Waals surface area contributed by atoms with E-state index in [0.717, 1.165) is 16.9 Å². The normalized spacial score (nSPS) is 10.6. The van der Waals surface area contributed by atoms with Gasteiger partial charge in [-0.25, -0.2) is 0 Å². The number of nitrogens with two attached hydrogens (primary N) is 1. The van der Waals surface area contributed by atoms with E-state index in [1.54, 1.807) is 0 Å². The van der Waals surface area contributed by atoms with Crippen LogP contribution < -0.4 is 11.1 Å². The second kappa shape index (κ2) is 6.06. The van der Waals surface area contributed by atoms with Crippen LogP contribution >= 0.6 is 12.2 Å². The van der Waals surface area contributed by atoms with E-state index in [4.69, 9.17) is 18.0 Å². The first kappa shape index (κ1) is 14.5. The van der Waals surface area contributed by atoms with Gasteiger partial charge in [0.25, 0.3) is 0 Å². The van der Waals surface area contributed by atoms with Gasteiger partial charge < -0.3 is 11.1 Å². The first-order valence-electron chi connectivity index (χ1n) is 6.76. The standard InChI is InChI=1S/C17H20N2S/c1-11(2)13-9-6-7-12(3)16(13)19-15-10-5-4-8-14(15)17(18)20/h4-11,19H,1-3H3,(H2,18,20). The lowest BCUT2D eigenvalue weighted by molar-refractivity contribution is 0.867. The summed E-state index contributed by atoms with van der Waals surface area (Å²) in [5, 5.41) is 3.50. The fourth-order valence-corrected chi connectivity index (χ4v) is 2.46. The Morgan fingerprint density at radius 3 is 2.45 bits per heavy atom. The molecule has 0 aliphatic heterocycles. The average Bonchev–Trinajstić information content (AvgIpc) is 2.41. The molecule has 2 aromatic rings. The second-order valence-electron chi connectivity index (χ2n) is 5.23. The minimum Gasteiger partial charge on any atom is -0.389 e. The zero-order valence-electron chi connectivity index (χ0n) is 12.1. The fourth-order valence-electron chi connectivity index (χ4n) is 2.28. The van der Waals surface area contributed by atoms with Crippen molar-refractivity contribution in [3.63, 3.8) is 0 Å². The van der Waals surface area contributed by atoms with Crippen LogP contribution in [0.3, 0.4) is 0 Å². The van der Waals surface area contributed by atoms with E-state index < -0.39 is 0 Å². The number of para-hydroxylation sites is 2. The number of hydrogen-bond donors (Lipinski definition) is 2. The Hall–Kier alpha value is -1.87. The van der Waals surface area contributed by atoms with Crippen LogP contribution in [0, 0.1) is 6.92 Å². The lowest BCUT2D eigenvalue weighted by atomic mass is 9.97. The van der Waals surface area contributed by atoms with Crippen LogP contribution in [0.5, 0.6) is 0 Å².